The molecule has 90 valence electrons. The molecule has 0 aromatic carbocycles. The van der Waals surface area contributed by atoms with Crippen LogP contribution < -0.4 is 5.32 Å². The molecule has 1 saturated carbocycles. The van der Waals surface area contributed by atoms with E-state index in [1.54, 1.807) is 0 Å². The van der Waals surface area contributed by atoms with Crippen molar-refractivity contribution in [2.45, 2.75) is 70.3 Å². The molecular weight excluding hydrogens is 297 g/mol. The van der Waals surface area contributed by atoms with Crippen LogP contribution in [-0.4, -0.2) is 17.0 Å². The zero-order valence-electron chi connectivity index (χ0n) is 9.94. The van der Waals surface area contributed by atoms with Gasteiger partial charge >= 0.3 is 0 Å². The predicted octanol–water partition coefficient (Wildman–Crippen LogP) is 4.29. The van der Waals surface area contributed by atoms with Crippen molar-refractivity contribution in [1.29, 1.82) is 0 Å². The second-order valence-electron chi connectivity index (χ2n) is 4.75. The lowest BCUT2D eigenvalue weighted by atomic mass is 10.1. The standard InChI is InChI=1S/C13H26IN/c14-11-7-3-4-8-12-15-13-9-5-1-2-6-10-13/h13,15H,1-12H2. The highest BCUT2D eigenvalue weighted by Crippen LogP contribution is 2.17. The molecule has 0 aromatic rings. The van der Waals surface area contributed by atoms with Crippen LogP contribution in [0.1, 0.15) is 64.2 Å². The summed E-state index contributed by atoms with van der Waals surface area (Å²) in [5.74, 6) is 0. The van der Waals surface area contributed by atoms with E-state index in [1.807, 2.05) is 0 Å². The third-order valence-electron chi connectivity index (χ3n) is 3.35. The molecule has 1 aliphatic carbocycles. The highest BCUT2D eigenvalue weighted by Gasteiger charge is 2.10. The molecule has 1 aliphatic rings. The first-order chi connectivity index (χ1) is 7.43. The summed E-state index contributed by atoms with van der Waals surface area (Å²) >= 11 is 2.47. The first-order valence-corrected chi connectivity index (χ1v) is 8.25. The molecule has 0 aliphatic heterocycles. The van der Waals surface area contributed by atoms with Crippen LogP contribution in [0.2, 0.25) is 0 Å². The highest BCUT2D eigenvalue weighted by atomic mass is 127. The van der Waals surface area contributed by atoms with E-state index < -0.39 is 0 Å². The Hall–Kier alpha value is 0.690. The topological polar surface area (TPSA) is 12.0 Å². The minimum absolute atomic E-state index is 0.845. The maximum atomic E-state index is 3.74. The van der Waals surface area contributed by atoms with E-state index in [-0.39, 0.29) is 0 Å². The fourth-order valence-electron chi connectivity index (χ4n) is 2.36. The Bertz CT molecular complexity index is 130. The van der Waals surface area contributed by atoms with Crippen LogP contribution in [0.5, 0.6) is 0 Å². The maximum absolute atomic E-state index is 3.74. The Kier molecular flexibility index (Phi) is 9.06. The van der Waals surface area contributed by atoms with Gasteiger partial charge in [-0.3, -0.25) is 0 Å². The van der Waals surface area contributed by atoms with Crippen molar-refractivity contribution >= 4 is 22.6 Å². The van der Waals surface area contributed by atoms with E-state index in [1.165, 1.54) is 75.2 Å². The summed E-state index contributed by atoms with van der Waals surface area (Å²) in [4.78, 5) is 0. The SMILES string of the molecule is ICCCCCCNC1CCCCCC1. The molecule has 1 nitrogen and oxygen atoms in total. The van der Waals surface area contributed by atoms with Crippen molar-refractivity contribution < 1.29 is 0 Å². The van der Waals surface area contributed by atoms with Crippen molar-refractivity contribution in [3.8, 4) is 0 Å². The Morgan fingerprint density at radius 1 is 0.867 bits per heavy atom. The van der Waals surface area contributed by atoms with Crippen LogP contribution in [0.3, 0.4) is 0 Å². The van der Waals surface area contributed by atoms with Gasteiger partial charge in [-0.15, -0.1) is 0 Å². The van der Waals surface area contributed by atoms with Gasteiger partial charge in [0.15, 0.2) is 0 Å². The van der Waals surface area contributed by atoms with Crippen LogP contribution in [-0.2, 0) is 0 Å². The molecule has 0 aromatic heterocycles. The van der Waals surface area contributed by atoms with Crippen molar-refractivity contribution in [2.75, 3.05) is 11.0 Å². The first kappa shape index (κ1) is 13.8. The zero-order chi connectivity index (χ0) is 10.8. The Labute approximate surface area is 109 Å². The van der Waals surface area contributed by atoms with E-state index in [0.29, 0.717) is 0 Å². The first-order valence-electron chi connectivity index (χ1n) is 6.73. The normalized spacial score (nSPS) is 19.0. The fraction of sp³-hybridized carbons (Fsp3) is 1.00. The second-order valence-corrected chi connectivity index (χ2v) is 5.82. The number of halogens is 1. The van der Waals surface area contributed by atoms with Gasteiger partial charge in [-0.05, 0) is 36.7 Å². The van der Waals surface area contributed by atoms with Crippen LogP contribution in [0, 0.1) is 0 Å². The number of rotatable bonds is 7. The summed E-state index contributed by atoms with van der Waals surface area (Å²) in [7, 11) is 0. The van der Waals surface area contributed by atoms with E-state index in [9.17, 15) is 0 Å². The number of unbranched alkanes of at least 4 members (excludes halogenated alkanes) is 3. The average molecular weight is 323 g/mol. The molecule has 0 unspecified atom stereocenters. The van der Waals surface area contributed by atoms with Crippen molar-refractivity contribution in [3.05, 3.63) is 0 Å². The largest absolute Gasteiger partial charge is 0.314 e. The second kappa shape index (κ2) is 9.88. The zero-order valence-corrected chi connectivity index (χ0v) is 12.1. The molecular formula is C13H26IN. The molecule has 15 heavy (non-hydrogen) atoms. The number of alkyl halides is 1. The minimum atomic E-state index is 0.845. The molecule has 0 heterocycles. The molecule has 0 atom stereocenters. The van der Waals surface area contributed by atoms with Gasteiger partial charge in [-0.1, -0.05) is 61.1 Å². The third kappa shape index (κ3) is 7.56. The van der Waals surface area contributed by atoms with E-state index >= 15 is 0 Å². The summed E-state index contributed by atoms with van der Waals surface area (Å²) in [6.07, 6.45) is 14.3. The maximum Gasteiger partial charge on any atom is 0.00670 e. The Morgan fingerprint density at radius 3 is 2.20 bits per heavy atom. The third-order valence-corrected chi connectivity index (χ3v) is 4.11. The van der Waals surface area contributed by atoms with E-state index in [2.05, 4.69) is 27.9 Å². The lowest BCUT2D eigenvalue weighted by Crippen LogP contribution is -2.29. The average Bonchev–Trinajstić information content (AvgIpc) is 2.52. The van der Waals surface area contributed by atoms with Gasteiger partial charge in [0, 0.05) is 6.04 Å². The van der Waals surface area contributed by atoms with Gasteiger partial charge < -0.3 is 5.32 Å². The summed E-state index contributed by atoms with van der Waals surface area (Å²) in [5, 5.41) is 3.74. The summed E-state index contributed by atoms with van der Waals surface area (Å²) in [6, 6.07) is 0.845. The summed E-state index contributed by atoms with van der Waals surface area (Å²) < 4.78 is 1.33. The van der Waals surface area contributed by atoms with Gasteiger partial charge in [0.05, 0.1) is 0 Å². The predicted molar refractivity (Wildman–Crippen MR) is 76.8 cm³/mol. The van der Waals surface area contributed by atoms with Crippen LogP contribution in [0.25, 0.3) is 0 Å². The molecule has 0 spiro atoms. The van der Waals surface area contributed by atoms with E-state index in [0.717, 1.165) is 6.04 Å². The van der Waals surface area contributed by atoms with Crippen molar-refractivity contribution in [2.24, 2.45) is 0 Å². The van der Waals surface area contributed by atoms with Gasteiger partial charge in [0.25, 0.3) is 0 Å². The Morgan fingerprint density at radius 2 is 1.53 bits per heavy atom. The molecule has 0 amide bonds. The summed E-state index contributed by atoms with van der Waals surface area (Å²) in [6.45, 7) is 1.26. The van der Waals surface area contributed by atoms with Gasteiger partial charge in [-0.25, -0.2) is 0 Å². The molecule has 0 radical (unpaired) electrons. The fourth-order valence-corrected chi connectivity index (χ4v) is 2.90. The number of hydrogen-bond donors (Lipinski definition) is 1. The molecule has 1 N–H and O–H groups in total. The number of nitrogens with one attached hydrogen (secondary N) is 1. The molecule has 1 fully saturated rings. The smallest absolute Gasteiger partial charge is 0.00670 e. The van der Waals surface area contributed by atoms with Gasteiger partial charge in [0.2, 0.25) is 0 Å². The monoisotopic (exact) mass is 323 g/mol. The Balaban J connectivity index is 1.89. The van der Waals surface area contributed by atoms with Crippen molar-refractivity contribution in [3.63, 3.8) is 0 Å². The molecule has 2 heteroatoms. The minimum Gasteiger partial charge on any atom is -0.314 e. The lowest BCUT2D eigenvalue weighted by molar-refractivity contribution is 0.449. The quantitative estimate of drug-likeness (QED) is 0.319. The van der Waals surface area contributed by atoms with Gasteiger partial charge in [-0.2, -0.15) is 0 Å². The molecule has 1 rings (SSSR count). The lowest BCUT2D eigenvalue weighted by Gasteiger charge is -2.15. The van der Waals surface area contributed by atoms with E-state index in [4.69, 9.17) is 0 Å². The highest BCUT2D eigenvalue weighted by molar-refractivity contribution is 14.1. The van der Waals surface area contributed by atoms with Crippen LogP contribution >= 0.6 is 22.6 Å². The molecule has 0 saturated heterocycles. The summed E-state index contributed by atoms with van der Waals surface area (Å²) in [5.41, 5.74) is 0. The number of hydrogen-bond acceptors (Lipinski definition) is 1. The van der Waals surface area contributed by atoms with Crippen LogP contribution in [0.4, 0.5) is 0 Å². The van der Waals surface area contributed by atoms with Crippen LogP contribution in [0.15, 0.2) is 0 Å². The van der Waals surface area contributed by atoms with Gasteiger partial charge in [0.1, 0.15) is 0 Å². The van der Waals surface area contributed by atoms with Crippen molar-refractivity contribution in [1.82, 2.24) is 5.32 Å². The molecule has 0 bridgehead atoms.